The maximum Gasteiger partial charge on any atom is 0.141 e. The second-order valence-electron chi connectivity index (χ2n) is 3.92. The van der Waals surface area contributed by atoms with Crippen molar-refractivity contribution in [2.24, 2.45) is 0 Å². The Bertz CT molecular complexity index is 340. The van der Waals surface area contributed by atoms with Gasteiger partial charge in [-0.15, -0.1) is 0 Å². The molecule has 0 radical (unpaired) electrons. The van der Waals surface area contributed by atoms with Gasteiger partial charge in [0.25, 0.3) is 0 Å². The van der Waals surface area contributed by atoms with Crippen molar-refractivity contribution in [3.63, 3.8) is 0 Å². The van der Waals surface area contributed by atoms with Crippen LogP contribution in [-0.4, -0.2) is 12.6 Å². The highest BCUT2D eigenvalue weighted by Crippen LogP contribution is 2.28. The SMILES string of the molecule is CC1CC(c2ccc(F)c(Cl)c2)CN1. The first kappa shape index (κ1) is 9.94. The van der Waals surface area contributed by atoms with Crippen LogP contribution in [0.2, 0.25) is 5.02 Å². The molecule has 1 nitrogen and oxygen atoms in total. The molecule has 76 valence electrons. The predicted octanol–water partition coefficient (Wildman–Crippen LogP) is 2.94. The van der Waals surface area contributed by atoms with E-state index >= 15 is 0 Å². The smallest absolute Gasteiger partial charge is 0.141 e. The number of halogens is 2. The Labute approximate surface area is 88.3 Å². The zero-order valence-electron chi connectivity index (χ0n) is 8.06. The largest absolute Gasteiger partial charge is 0.314 e. The van der Waals surface area contributed by atoms with Crippen molar-refractivity contribution in [3.05, 3.63) is 34.6 Å². The first-order valence-corrected chi connectivity index (χ1v) is 5.23. The van der Waals surface area contributed by atoms with Crippen LogP contribution < -0.4 is 5.32 Å². The minimum Gasteiger partial charge on any atom is -0.314 e. The third kappa shape index (κ3) is 1.91. The summed E-state index contributed by atoms with van der Waals surface area (Å²) in [4.78, 5) is 0. The number of hydrogen-bond donors (Lipinski definition) is 1. The minimum atomic E-state index is -0.338. The number of hydrogen-bond acceptors (Lipinski definition) is 1. The van der Waals surface area contributed by atoms with E-state index in [0.29, 0.717) is 12.0 Å². The van der Waals surface area contributed by atoms with Crippen LogP contribution in [0.25, 0.3) is 0 Å². The third-order valence-corrected chi connectivity index (χ3v) is 3.06. The molecular formula is C11H13ClFN. The Balaban J connectivity index is 2.20. The van der Waals surface area contributed by atoms with Crippen LogP contribution in [0.15, 0.2) is 18.2 Å². The van der Waals surface area contributed by atoms with Gasteiger partial charge in [-0.1, -0.05) is 17.7 Å². The minimum absolute atomic E-state index is 0.224. The summed E-state index contributed by atoms with van der Waals surface area (Å²) < 4.78 is 12.9. The van der Waals surface area contributed by atoms with Gasteiger partial charge in [0.05, 0.1) is 5.02 Å². The third-order valence-electron chi connectivity index (χ3n) is 2.77. The van der Waals surface area contributed by atoms with Crippen molar-refractivity contribution in [1.82, 2.24) is 5.32 Å². The van der Waals surface area contributed by atoms with Gasteiger partial charge in [-0.3, -0.25) is 0 Å². The van der Waals surface area contributed by atoms with E-state index in [-0.39, 0.29) is 10.8 Å². The molecule has 1 aliphatic heterocycles. The van der Waals surface area contributed by atoms with Crippen molar-refractivity contribution < 1.29 is 4.39 Å². The monoisotopic (exact) mass is 213 g/mol. The van der Waals surface area contributed by atoms with Gasteiger partial charge in [0, 0.05) is 12.6 Å². The van der Waals surface area contributed by atoms with Crippen molar-refractivity contribution in [3.8, 4) is 0 Å². The molecule has 1 aromatic carbocycles. The van der Waals surface area contributed by atoms with E-state index in [1.807, 2.05) is 6.07 Å². The molecular weight excluding hydrogens is 201 g/mol. The van der Waals surface area contributed by atoms with Crippen molar-refractivity contribution in [2.75, 3.05) is 6.54 Å². The van der Waals surface area contributed by atoms with E-state index in [1.165, 1.54) is 6.07 Å². The molecule has 1 N–H and O–H groups in total. The van der Waals surface area contributed by atoms with Gasteiger partial charge < -0.3 is 5.32 Å². The fourth-order valence-electron chi connectivity index (χ4n) is 1.96. The fraction of sp³-hybridized carbons (Fsp3) is 0.455. The van der Waals surface area contributed by atoms with Gasteiger partial charge in [-0.25, -0.2) is 4.39 Å². The van der Waals surface area contributed by atoms with Crippen LogP contribution in [0.3, 0.4) is 0 Å². The van der Waals surface area contributed by atoms with Crippen molar-refractivity contribution >= 4 is 11.6 Å². The van der Waals surface area contributed by atoms with Gasteiger partial charge in [0.15, 0.2) is 0 Å². The van der Waals surface area contributed by atoms with Crippen LogP contribution in [0.1, 0.15) is 24.8 Å². The number of rotatable bonds is 1. The molecule has 0 spiro atoms. The summed E-state index contributed by atoms with van der Waals surface area (Å²) in [7, 11) is 0. The molecule has 1 saturated heterocycles. The first-order chi connectivity index (χ1) is 6.66. The Morgan fingerprint density at radius 1 is 1.50 bits per heavy atom. The number of nitrogens with one attached hydrogen (secondary N) is 1. The molecule has 0 aromatic heterocycles. The van der Waals surface area contributed by atoms with E-state index in [4.69, 9.17) is 11.6 Å². The zero-order valence-corrected chi connectivity index (χ0v) is 8.81. The molecule has 0 amide bonds. The molecule has 2 atom stereocenters. The second-order valence-corrected chi connectivity index (χ2v) is 4.32. The Morgan fingerprint density at radius 3 is 2.86 bits per heavy atom. The first-order valence-electron chi connectivity index (χ1n) is 4.85. The molecule has 3 heteroatoms. The van der Waals surface area contributed by atoms with E-state index < -0.39 is 0 Å². The highest BCUT2D eigenvalue weighted by Gasteiger charge is 2.22. The lowest BCUT2D eigenvalue weighted by Crippen LogP contribution is -2.16. The molecule has 0 aliphatic carbocycles. The zero-order chi connectivity index (χ0) is 10.1. The van der Waals surface area contributed by atoms with Gasteiger partial charge >= 0.3 is 0 Å². The second kappa shape index (κ2) is 3.87. The maximum atomic E-state index is 12.9. The molecule has 14 heavy (non-hydrogen) atoms. The van der Waals surface area contributed by atoms with Gasteiger partial charge in [-0.05, 0) is 37.0 Å². The molecule has 1 heterocycles. The van der Waals surface area contributed by atoms with Crippen LogP contribution in [0, 0.1) is 5.82 Å². The lowest BCUT2D eigenvalue weighted by molar-refractivity contribution is 0.625. The average molecular weight is 214 g/mol. The van der Waals surface area contributed by atoms with E-state index in [2.05, 4.69) is 12.2 Å². The Morgan fingerprint density at radius 2 is 2.29 bits per heavy atom. The molecule has 1 aliphatic rings. The molecule has 2 unspecified atom stereocenters. The molecule has 1 fully saturated rings. The van der Waals surface area contributed by atoms with E-state index in [1.54, 1.807) is 6.07 Å². The van der Waals surface area contributed by atoms with Crippen LogP contribution in [0.4, 0.5) is 4.39 Å². The predicted molar refractivity (Wildman–Crippen MR) is 56.2 cm³/mol. The topological polar surface area (TPSA) is 12.0 Å². The average Bonchev–Trinajstić information content (AvgIpc) is 2.57. The van der Waals surface area contributed by atoms with Gasteiger partial charge in [0.1, 0.15) is 5.82 Å². The van der Waals surface area contributed by atoms with Crippen LogP contribution in [-0.2, 0) is 0 Å². The fourth-order valence-corrected chi connectivity index (χ4v) is 2.15. The summed E-state index contributed by atoms with van der Waals surface area (Å²) in [5.74, 6) is 0.137. The molecule has 1 aromatic rings. The summed E-state index contributed by atoms with van der Waals surface area (Å²) in [6.45, 7) is 3.12. The summed E-state index contributed by atoms with van der Waals surface area (Å²) >= 11 is 5.73. The summed E-state index contributed by atoms with van der Waals surface area (Å²) in [6.07, 6.45) is 1.10. The van der Waals surface area contributed by atoms with Crippen LogP contribution in [0.5, 0.6) is 0 Å². The Kier molecular flexibility index (Phi) is 2.75. The summed E-state index contributed by atoms with van der Waals surface area (Å²) in [5, 5.41) is 3.59. The quantitative estimate of drug-likeness (QED) is 0.757. The lowest BCUT2D eigenvalue weighted by atomic mass is 9.97. The Hall–Kier alpha value is -0.600. The molecule has 2 rings (SSSR count). The number of benzene rings is 1. The summed E-state index contributed by atoms with van der Waals surface area (Å²) in [6, 6.07) is 5.55. The van der Waals surface area contributed by atoms with Crippen molar-refractivity contribution in [1.29, 1.82) is 0 Å². The van der Waals surface area contributed by atoms with E-state index in [9.17, 15) is 4.39 Å². The standard InChI is InChI=1S/C11H13ClFN/c1-7-4-9(6-14-7)8-2-3-11(13)10(12)5-8/h2-3,5,7,9,14H,4,6H2,1H3. The van der Waals surface area contributed by atoms with Gasteiger partial charge in [-0.2, -0.15) is 0 Å². The highest BCUT2D eigenvalue weighted by molar-refractivity contribution is 6.30. The molecule has 0 saturated carbocycles. The lowest BCUT2D eigenvalue weighted by Gasteiger charge is -2.09. The summed E-state index contributed by atoms with van der Waals surface area (Å²) in [5.41, 5.74) is 1.13. The molecule has 0 bridgehead atoms. The maximum absolute atomic E-state index is 12.9. The highest BCUT2D eigenvalue weighted by atomic mass is 35.5. The van der Waals surface area contributed by atoms with Crippen LogP contribution >= 0.6 is 11.6 Å². The van der Waals surface area contributed by atoms with Gasteiger partial charge in [0.2, 0.25) is 0 Å². The van der Waals surface area contributed by atoms with E-state index in [0.717, 1.165) is 18.5 Å². The normalized spacial score (nSPS) is 26.8. The van der Waals surface area contributed by atoms with Crippen molar-refractivity contribution in [2.45, 2.75) is 25.3 Å².